The molecular formula is C14H23NO2Si. The number of rotatable bonds is 2. The van der Waals surface area contributed by atoms with E-state index in [1.54, 1.807) is 0 Å². The summed E-state index contributed by atoms with van der Waals surface area (Å²) in [5, 5.41) is 3.53. The molecule has 0 fully saturated rings. The van der Waals surface area contributed by atoms with E-state index in [9.17, 15) is 0 Å². The smallest absolute Gasteiger partial charge is 0.250 e. The molecule has 1 aliphatic heterocycles. The highest BCUT2D eigenvalue weighted by Gasteiger charge is 2.39. The summed E-state index contributed by atoms with van der Waals surface area (Å²) in [6, 6.07) is 6.06. The van der Waals surface area contributed by atoms with Gasteiger partial charge in [-0.25, -0.2) is 0 Å². The first-order valence-corrected chi connectivity index (χ1v) is 9.41. The first-order chi connectivity index (χ1) is 8.31. The van der Waals surface area contributed by atoms with E-state index < -0.39 is 8.32 Å². The third-order valence-corrected chi connectivity index (χ3v) is 8.16. The first kappa shape index (κ1) is 13.3. The predicted octanol–water partition coefficient (Wildman–Crippen LogP) is 3.87. The Morgan fingerprint density at radius 3 is 2.67 bits per heavy atom. The fraction of sp³-hybridized carbons (Fsp3) is 0.571. The van der Waals surface area contributed by atoms with Crippen LogP contribution in [0.15, 0.2) is 18.2 Å². The molecule has 1 aliphatic rings. The fourth-order valence-corrected chi connectivity index (χ4v) is 2.67. The van der Waals surface area contributed by atoms with Crippen LogP contribution in [0.1, 0.15) is 20.8 Å². The van der Waals surface area contributed by atoms with Crippen LogP contribution < -0.4 is 14.5 Å². The molecule has 1 heterocycles. The number of ether oxygens (including phenoxy) is 1. The molecule has 3 nitrogen and oxygen atoms in total. The highest BCUT2D eigenvalue weighted by molar-refractivity contribution is 6.74. The molecule has 0 amide bonds. The number of hydrogen-bond donors (Lipinski definition) is 1. The van der Waals surface area contributed by atoms with E-state index >= 15 is 0 Å². The van der Waals surface area contributed by atoms with Gasteiger partial charge in [0.05, 0.1) is 5.69 Å². The summed E-state index contributed by atoms with van der Waals surface area (Å²) >= 11 is 0. The van der Waals surface area contributed by atoms with Crippen LogP contribution in [0.25, 0.3) is 0 Å². The van der Waals surface area contributed by atoms with Crippen molar-refractivity contribution in [3.63, 3.8) is 0 Å². The van der Waals surface area contributed by atoms with Gasteiger partial charge in [0, 0.05) is 6.54 Å². The molecule has 0 radical (unpaired) electrons. The summed E-state index contributed by atoms with van der Waals surface area (Å²) in [5.41, 5.74) is 1.04. The normalized spacial score (nSPS) is 15.4. The van der Waals surface area contributed by atoms with Gasteiger partial charge in [-0.15, -0.1) is 0 Å². The maximum Gasteiger partial charge on any atom is 0.250 e. The van der Waals surface area contributed by atoms with E-state index in [1.807, 2.05) is 18.2 Å². The van der Waals surface area contributed by atoms with Crippen LogP contribution in [0, 0.1) is 0 Å². The minimum Gasteiger partial charge on any atom is -0.541 e. The van der Waals surface area contributed by atoms with E-state index in [-0.39, 0.29) is 5.04 Å². The van der Waals surface area contributed by atoms with Crippen molar-refractivity contribution in [1.29, 1.82) is 0 Å². The Balaban J connectivity index is 2.30. The van der Waals surface area contributed by atoms with E-state index in [2.05, 4.69) is 39.2 Å². The second-order valence-corrected chi connectivity index (χ2v) is 11.0. The number of para-hydroxylation sites is 1. The Bertz CT molecular complexity index is 438. The molecule has 4 heteroatoms. The molecule has 0 aliphatic carbocycles. The zero-order chi connectivity index (χ0) is 13.4. The van der Waals surface area contributed by atoms with Crippen LogP contribution in [0.4, 0.5) is 5.69 Å². The van der Waals surface area contributed by atoms with Crippen LogP contribution in [-0.4, -0.2) is 21.5 Å². The van der Waals surface area contributed by atoms with E-state index in [0.717, 1.165) is 23.7 Å². The molecule has 0 atom stereocenters. The minimum atomic E-state index is -1.81. The molecule has 0 spiro atoms. The third-order valence-electron chi connectivity index (χ3n) is 3.81. The summed E-state index contributed by atoms with van der Waals surface area (Å²) in [6.07, 6.45) is 0. The van der Waals surface area contributed by atoms with Crippen LogP contribution in [0.5, 0.6) is 11.5 Å². The van der Waals surface area contributed by atoms with Gasteiger partial charge in [0.15, 0.2) is 5.75 Å². The lowest BCUT2D eigenvalue weighted by Gasteiger charge is -2.37. The molecule has 2 rings (SSSR count). The van der Waals surface area contributed by atoms with Gasteiger partial charge < -0.3 is 14.5 Å². The molecule has 0 unspecified atom stereocenters. The third kappa shape index (κ3) is 2.48. The number of fused-ring (bicyclic) bond motifs is 1. The topological polar surface area (TPSA) is 30.5 Å². The second-order valence-electron chi connectivity index (χ2n) is 6.27. The lowest BCUT2D eigenvalue weighted by Crippen LogP contribution is -2.44. The maximum absolute atomic E-state index is 6.34. The average Bonchev–Trinajstić information content (AvgIpc) is 2.27. The van der Waals surface area contributed by atoms with Crippen LogP contribution >= 0.6 is 0 Å². The average molecular weight is 265 g/mol. The Labute approximate surface area is 111 Å². The Morgan fingerprint density at radius 2 is 2.00 bits per heavy atom. The molecule has 1 aromatic rings. The van der Waals surface area contributed by atoms with E-state index in [1.165, 1.54) is 0 Å². The van der Waals surface area contributed by atoms with Crippen LogP contribution in [-0.2, 0) is 0 Å². The van der Waals surface area contributed by atoms with Gasteiger partial charge in [-0.05, 0) is 30.3 Å². The summed E-state index contributed by atoms with van der Waals surface area (Å²) in [4.78, 5) is 0. The Morgan fingerprint density at radius 1 is 1.28 bits per heavy atom. The van der Waals surface area contributed by atoms with Gasteiger partial charge in [-0.1, -0.05) is 26.8 Å². The van der Waals surface area contributed by atoms with Gasteiger partial charge in [0.1, 0.15) is 12.4 Å². The molecule has 0 bridgehead atoms. The molecule has 18 heavy (non-hydrogen) atoms. The van der Waals surface area contributed by atoms with Crippen molar-refractivity contribution in [3.8, 4) is 11.5 Å². The van der Waals surface area contributed by atoms with Gasteiger partial charge in [0.25, 0.3) is 8.32 Å². The Kier molecular flexibility index (Phi) is 3.32. The molecule has 100 valence electrons. The largest absolute Gasteiger partial charge is 0.541 e. The van der Waals surface area contributed by atoms with Gasteiger partial charge in [-0.2, -0.15) is 0 Å². The van der Waals surface area contributed by atoms with Crippen molar-refractivity contribution in [2.45, 2.75) is 38.9 Å². The Hall–Kier alpha value is -1.16. The predicted molar refractivity (Wildman–Crippen MR) is 78.3 cm³/mol. The van der Waals surface area contributed by atoms with Crippen molar-refractivity contribution in [2.24, 2.45) is 0 Å². The monoisotopic (exact) mass is 265 g/mol. The van der Waals surface area contributed by atoms with Crippen molar-refractivity contribution in [2.75, 3.05) is 18.5 Å². The zero-order valence-electron chi connectivity index (χ0n) is 12.0. The number of hydrogen-bond acceptors (Lipinski definition) is 3. The maximum atomic E-state index is 6.34. The lowest BCUT2D eigenvalue weighted by atomic mass is 10.2. The molecule has 1 N–H and O–H groups in total. The molecule has 0 saturated heterocycles. The molecular weight excluding hydrogens is 242 g/mol. The highest BCUT2D eigenvalue weighted by Crippen LogP contribution is 2.43. The fourth-order valence-electron chi connectivity index (χ4n) is 1.65. The number of benzene rings is 1. The lowest BCUT2D eigenvalue weighted by molar-refractivity contribution is 0.310. The van der Waals surface area contributed by atoms with Crippen molar-refractivity contribution < 1.29 is 9.16 Å². The summed E-state index contributed by atoms with van der Waals surface area (Å²) in [5.74, 6) is 1.75. The van der Waals surface area contributed by atoms with Crippen LogP contribution in [0.2, 0.25) is 18.1 Å². The highest BCUT2D eigenvalue weighted by atomic mass is 28.4. The quantitative estimate of drug-likeness (QED) is 0.823. The second kappa shape index (κ2) is 4.50. The van der Waals surface area contributed by atoms with E-state index in [4.69, 9.17) is 9.16 Å². The zero-order valence-corrected chi connectivity index (χ0v) is 13.0. The van der Waals surface area contributed by atoms with Gasteiger partial charge in [0.2, 0.25) is 0 Å². The van der Waals surface area contributed by atoms with Gasteiger partial charge in [-0.3, -0.25) is 0 Å². The molecule has 0 aromatic heterocycles. The minimum absolute atomic E-state index is 0.192. The standard InChI is InChI=1S/C14H23NO2Si/c1-14(2,3)18(4,5)17-12-8-6-7-11-13(12)16-10-9-15-11/h6-8,15H,9-10H2,1-5H3. The van der Waals surface area contributed by atoms with Crippen molar-refractivity contribution in [3.05, 3.63) is 18.2 Å². The first-order valence-electron chi connectivity index (χ1n) is 6.50. The summed E-state index contributed by atoms with van der Waals surface area (Å²) in [7, 11) is -1.81. The number of anilines is 1. The SMILES string of the molecule is CC(C)(C)[Si](C)(C)Oc1cccc2c1OCCN2. The van der Waals surface area contributed by atoms with E-state index in [0.29, 0.717) is 6.61 Å². The van der Waals surface area contributed by atoms with Gasteiger partial charge >= 0.3 is 0 Å². The van der Waals surface area contributed by atoms with Crippen LogP contribution in [0.3, 0.4) is 0 Å². The van der Waals surface area contributed by atoms with Crippen molar-refractivity contribution in [1.82, 2.24) is 0 Å². The molecule has 1 aromatic carbocycles. The summed E-state index contributed by atoms with van der Waals surface area (Å²) in [6.45, 7) is 12.8. The van der Waals surface area contributed by atoms with Crippen molar-refractivity contribution >= 4 is 14.0 Å². The summed E-state index contributed by atoms with van der Waals surface area (Å²) < 4.78 is 12.1. The molecule has 0 saturated carbocycles. The number of nitrogens with one attached hydrogen (secondary N) is 1.